The van der Waals surface area contributed by atoms with E-state index in [1.54, 1.807) is 12.1 Å². The van der Waals surface area contributed by atoms with E-state index >= 15 is 0 Å². The summed E-state index contributed by atoms with van der Waals surface area (Å²) in [4.78, 5) is 24.5. The number of rotatable bonds is 5. The van der Waals surface area contributed by atoms with Gasteiger partial charge in [0.05, 0.1) is 29.4 Å². The predicted molar refractivity (Wildman–Crippen MR) is 128 cm³/mol. The normalized spacial score (nSPS) is 23.7. The molecule has 0 bridgehead atoms. The summed E-state index contributed by atoms with van der Waals surface area (Å²) < 4.78 is 13.8. The molecule has 2 heterocycles. The molecule has 0 spiro atoms. The van der Waals surface area contributed by atoms with Gasteiger partial charge in [-0.2, -0.15) is 0 Å². The maximum Gasteiger partial charge on any atom is 0.318 e. The Morgan fingerprint density at radius 2 is 2.09 bits per heavy atom. The number of benzene rings is 1. The molecular weight excluding hydrogens is 455 g/mol. The van der Waals surface area contributed by atoms with Gasteiger partial charge in [-0.25, -0.2) is 19.2 Å². The zero-order chi connectivity index (χ0) is 23.7. The number of nitrogens with zero attached hydrogens (tertiary/aromatic N) is 3. The van der Waals surface area contributed by atoms with Crippen LogP contribution in [0.1, 0.15) is 73.6 Å². The lowest BCUT2D eigenvalue weighted by atomic mass is 9.91. The minimum absolute atomic E-state index is 0.0839. The van der Waals surface area contributed by atoms with Gasteiger partial charge in [-0.05, 0) is 73.6 Å². The number of carbonyl (C=O) groups excluding carboxylic acids is 1. The van der Waals surface area contributed by atoms with Crippen molar-refractivity contribution in [1.82, 2.24) is 20.2 Å². The van der Waals surface area contributed by atoms with Crippen LogP contribution < -0.4 is 5.32 Å². The lowest BCUT2D eigenvalue weighted by Gasteiger charge is -2.32. The number of carbonyl (C=O) groups is 1. The minimum atomic E-state index is -0.447. The van der Waals surface area contributed by atoms with E-state index in [2.05, 4.69) is 10.3 Å². The number of aliphatic hydroxyl groups is 1. The van der Waals surface area contributed by atoms with E-state index < -0.39 is 5.82 Å². The number of halogens is 2. The Labute approximate surface area is 204 Å². The highest BCUT2D eigenvalue weighted by atomic mass is 35.5. The largest absolute Gasteiger partial charge is 0.393 e. The Hall–Kier alpha value is -2.25. The van der Waals surface area contributed by atoms with Crippen LogP contribution in [-0.4, -0.2) is 38.7 Å². The Balaban J connectivity index is 1.28. The van der Waals surface area contributed by atoms with Gasteiger partial charge in [0.15, 0.2) is 0 Å². The third kappa shape index (κ3) is 5.20. The first-order valence-corrected chi connectivity index (χ1v) is 12.9. The molecule has 8 heteroatoms. The second-order valence-corrected chi connectivity index (χ2v) is 10.5. The molecule has 6 nitrogen and oxygen atoms in total. The van der Waals surface area contributed by atoms with Gasteiger partial charge < -0.3 is 15.3 Å². The molecule has 3 aliphatic rings. The van der Waals surface area contributed by atoms with E-state index in [1.807, 2.05) is 11.1 Å². The lowest BCUT2D eigenvalue weighted by Crippen LogP contribution is -2.45. The van der Waals surface area contributed by atoms with Crippen LogP contribution in [0.5, 0.6) is 0 Å². The standard InChI is InChI=1S/C26H32ClFN4O2/c27-21-13-18(6-8-22(21)28)25(17-3-1-2-4-17)31-26(34)32-10-9-19-14-29-24(30-23(19)15-32)12-16-5-7-20(33)11-16/h6,8,13-14,16-17,20,25,33H,1-5,7,9-12,15H2,(H,31,34)/t16-,20-,25+/m0/s1. The van der Waals surface area contributed by atoms with E-state index in [4.69, 9.17) is 16.6 Å². The molecule has 2 amide bonds. The van der Waals surface area contributed by atoms with Crippen LogP contribution in [0, 0.1) is 17.7 Å². The zero-order valence-corrected chi connectivity index (χ0v) is 20.1. The molecule has 0 unspecified atom stereocenters. The van der Waals surface area contributed by atoms with E-state index in [9.17, 15) is 14.3 Å². The number of aliphatic hydroxyl groups excluding tert-OH is 1. The third-order valence-corrected chi connectivity index (χ3v) is 8.01. The van der Waals surface area contributed by atoms with E-state index in [0.29, 0.717) is 24.9 Å². The molecule has 34 heavy (non-hydrogen) atoms. The fourth-order valence-corrected chi connectivity index (χ4v) is 5.99. The molecule has 0 radical (unpaired) electrons. The van der Waals surface area contributed by atoms with Crippen LogP contribution in [0.2, 0.25) is 5.02 Å². The van der Waals surface area contributed by atoms with Crippen LogP contribution in [-0.2, 0) is 19.4 Å². The van der Waals surface area contributed by atoms with Crippen molar-refractivity contribution in [3.8, 4) is 0 Å². The molecule has 2 fully saturated rings. The maximum atomic E-state index is 13.8. The van der Waals surface area contributed by atoms with Gasteiger partial charge >= 0.3 is 6.03 Å². The van der Waals surface area contributed by atoms with Gasteiger partial charge in [-0.1, -0.05) is 30.5 Å². The predicted octanol–water partition coefficient (Wildman–Crippen LogP) is 4.97. The van der Waals surface area contributed by atoms with Crippen molar-refractivity contribution in [2.45, 2.75) is 76.5 Å². The first-order valence-electron chi connectivity index (χ1n) is 12.5. The van der Waals surface area contributed by atoms with Crippen molar-refractivity contribution < 1.29 is 14.3 Å². The summed E-state index contributed by atoms with van der Waals surface area (Å²) in [6.45, 7) is 1.06. The highest BCUT2D eigenvalue weighted by Gasteiger charge is 2.31. The second-order valence-electron chi connectivity index (χ2n) is 10.1. The molecule has 3 atom stereocenters. The number of amides is 2. The average molecular weight is 487 g/mol. The summed E-state index contributed by atoms with van der Waals surface area (Å²) >= 11 is 6.06. The summed E-state index contributed by atoms with van der Waals surface area (Å²) in [6.07, 6.45) is 10.2. The van der Waals surface area contributed by atoms with Crippen LogP contribution in [0.25, 0.3) is 0 Å². The second kappa shape index (κ2) is 10.2. The van der Waals surface area contributed by atoms with Crippen molar-refractivity contribution in [2.24, 2.45) is 11.8 Å². The summed E-state index contributed by atoms with van der Waals surface area (Å²) in [6, 6.07) is 4.44. The minimum Gasteiger partial charge on any atom is -0.393 e. The SMILES string of the molecule is O=C(N[C@@H](c1ccc(F)c(Cl)c1)C1CCCC1)N1CCc2cnc(C[C@H]3CC[C@H](O)C3)nc2C1. The first kappa shape index (κ1) is 23.5. The van der Waals surface area contributed by atoms with Crippen LogP contribution in [0.15, 0.2) is 24.4 Å². The topological polar surface area (TPSA) is 78.4 Å². The van der Waals surface area contributed by atoms with Crippen LogP contribution in [0.4, 0.5) is 9.18 Å². The monoisotopic (exact) mass is 486 g/mol. The van der Waals surface area contributed by atoms with Gasteiger partial charge in [-0.15, -0.1) is 0 Å². The number of hydrogen-bond acceptors (Lipinski definition) is 4. The maximum absolute atomic E-state index is 13.8. The molecule has 5 rings (SSSR count). The average Bonchev–Trinajstić information content (AvgIpc) is 3.51. The van der Waals surface area contributed by atoms with Crippen molar-refractivity contribution in [1.29, 1.82) is 0 Å². The summed E-state index contributed by atoms with van der Waals surface area (Å²) in [5, 5.41) is 13.1. The quantitative estimate of drug-likeness (QED) is 0.625. The fourth-order valence-electron chi connectivity index (χ4n) is 5.80. The lowest BCUT2D eigenvalue weighted by molar-refractivity contribution is 0.177. The molecule has 182 valence electrons. The smallest absolute Gasteiger partial charge is 0.318 e. The van der Waals surface area contributed by atoms with Gasteiger partial charge in [-0.3, -0.25) is 0 Å². The number of urea groups is 1. The Bertz CT molecular complexity index is 1050. The number of fused-ring (bicyclic) bond motifs is 1. The van der Waals surface area contributed by atoms with Gasteiger partial charge in [0.1, 0.15) is 11.6 Å². The van der Waals surface area contributed by atoms with Crippen molar-refractivity contribution in [3.05, 3.63) is 57.9 Å². The van der Waals surface area contributed by atoms with E-state index in [-0.39, 0.29) is 23.2 Å². The van der Waals surface area contributed by atoms with E-state index in [1.165, 1.54) is 6.07 Å². The van der Waals surface area contributed by atoms with Crippen LogP contribution in [0.3, 0.4) is 0 Å². The molecular formula is C26H32ClFN4O2. The molecule has 2 aliphatic carbocycles. The number of nitrogens with one attached hydrogen (secondary N) is 1. The highest BCUT2D eigenvalue weighted by molar-refractivity contribution is 6.30. The summed E-state index contributed by atoms with van der Waals surface area (Å²) in [5.41, 5.74) is 2.86. The first-order chi connectivity index (χ1) is 16.5. The Kier molecular flexibility index (Phi) is 7.02. The summed E-state index contributed by atoms with van der Waals surface area (Å²) in [7, 11) is 0. The molecule has 0 saturated heterocycles. The Morgan fingerprint density at radius 3 is 2.82 bits per heavy atom. The summed E-state index contributed by atoms with van der Waals surface area (Å²) in [5.74, 6) is 1.09. The van der Waals surface area contributed by atoms with Gasteiger partial charge in [0, 0.05) is 19.2 Å². The van der Waals surface area contributed by atoms with Gasteiger partial charge in [0.2, 0.25) is 0 Å². The zero-order valence-electron chi connectivity index (χ0n) is 19.4. The number of aromatic nitrogens is 2. The molecule has 2 saturated carbocycles. The fraction of sp³-hybridized carbons (Fsp3) is 0.577. The molecule has 1 aliphatic heterocycles. The highest BCUT2D eigenvalue weighted by Crippen LogP contribution is 2.37. The number of hydrogen-bond donors (Lipinski definition) is 2. The Morgan fingerprint density at radius 1 is 1.26 bits per heavy atom. The van der Waals surface area contributed by atoms with Crippen molar-refractivity contribution >= 4 is 17.6 Å². The van der Waals surface area contributed by atoms with Gasteiger partial charge in [0.25, 0.3) is 0 Å². The third-order valence-electron chi connectivity index (χ3n) is 7.72. The molecule has 1 aromatic carbocycles. The van der Waals surface area contributed by atoms with E-state index in [0.717, 1.165) is 80.4 Å². The molecule has 2 N–H and O–H groups in total. The molecule has 2 aromatic rings. The molecule has 1 aromatic heterocycles. The van der Waals surface area contributed by atoms with Crippen LogP contribution >= 0.6 is 11.6 Å². The van der Waals surface area contributed by atoms with Crippen molar-refractivity contribution in [3.63, 3.8) is 0 Å². The van der Waals surface area contributed by atoms with Crippen molar-refractivity contribution in [2.75, 3.05) is 6.54 Å².